The zero-order valence-electron chi connectivity index (χ0n) is 8.65. The number of carbonyl (C=O) groups excluding carboxylic acids is 1. The number of hydrogen-bond donors (Lipinski definition) is 2. The molecule has 0 saturated carbocycles. The first-order chi connectivity index (χ1) is 7.25. The molecule has 0 bridgehead atoms. The van der Waals surface area contributed by atoms with Crippen LogP contribution in [0.25, 0.3) is 0 Å². The number of hydrogen-bond acceptors (Lipinski definition) is 5. The molecule has 2 rings (SSSR count). The van der Waals surface area contributed by atoms with Crippen LogP contribution in [0.4, 0.5) is 0 Å². The summed E-state index contributed by atoms with van der Waals surface area (Å²) in [5, 5.41) is 12.1. The number of ether oxygens (including phenoxy) is 2. The number of esters is 1. The number of aliphatic hydroxyl groups is 1. The second-order valence-electron chi connectivity index (χ2n) is 4.12. The van der Waals surface area contributed by atoms with Crippen LogP contribution in [-0.2, 0) is 14.3 Å². The Morgan fingerprint density at radius 2 is 2.47 bits per heavy atom. The molecule has 3 atom stereocenters. The Labute approximate surface area is 88.7 Å². The molecule has 2 heterocycles. The molecule has 0 spiro atoms. The first-order valence-electron chi connectivity index (χ1n) is 5.45. The van der Waals surface area contributed by atoms with Crippen molar-refractivity contribution in [3.05, 3.63) is 0 Å². The number of aliphatic hydroxyl groups excluding tert-OH is 1. The SMILES string of the molecule is O=C(OCC1CCCO1)[C@H]1C[C@@H](O)CN1. The molecule has 0 aromatic heterocycles. The van der Waals surface area contributed by atoms with Crippen molar-refractivity contribution in [1.82, 2.24) is 5.32 Å². The van der Waals surface area contributed by atoms with Crippen molar-refractivity contribution in [2.75, 3.05) is 19.8 Å². The van der Waals surface area contributed by atoms with Crippen LogP contribution >= 0.6 is 0 Å². The van der Waals surface area contributed by atoms with Gasteiger partial charge in [0.1, 0.15) is 12.6 Å². The summed E-state index contributed by atoms with van der Waals surface area (Å²) in [6.45, 7) is 1.58. The van der Waals surface area contributed by atoms with Gasteiger partial charge in [0.25, 0.3) is 0 Å². The first kappa shape index (κ1) is 10.9. The lowest BCUT2D eigenvalue weighted by molar-refractivity contribution is -0.149. The molecule has 2 fully saturated rings. The molecule has 0 aromatic carbocycles. The molecule has 1 unspecified atom stereocenters. The molecule has 5 nitrogen and oxygen atoms in total. The van der Waals surface area contributed by atoms with Crippen molar-refractivity contribution in [1.29, 1.82) is 0 Å². The van der Waals surface area contributed by atoms with Crippen LogP contribution in [0.3, 0.4) is 0 Å². The molecule has 15 heavy (non-hydrogen) atoms. The zero-order chi connectivity index (χ0) is 10.7. The summed E-state index contributed by atoms with van der Waals surface area (Å²) >= 11 is 0. The van der Waals surface area contributed by atoms with Gasteiger partial charge in [-0.2, -0.15) is 0 Å². The fourth-order valence-corrected chi connectivity index (χ4v) is 1.95. The Hall–Kier alpha value is -0.650. The molecular weight excluding hydrogens is 198 g/mol. The predicted octanol–water partition coefficient (Wildman–Crippen LogP) is -0.569. The van der Waals surface area contributed by atoms with E-state index in [-0.39, 0.29) is 18.1 Å². The van der Waals surface area contributed by atoms with Gasteiger partial charge in [0.2, 0.25) is 0 Å². The van der Waals surface area contributed by atoms with Crippen LogP contribution in [0.2, 0.25) is 0 Å². The summed E-state index contributed by atoms with van der Waals surface area (Å²) in [6, 6.07) is -0.346. The summed E-state index contributed by atoms with van der Waals surface area (Å²) < 4.78 is 10.5. The predicted molar refractivity (Wildman–Crippen MR) is 52.3 cm³/mol. The third kappa shape index (κ3) is 2.90. The maximum Gasteiger partial charge on any atom is 0.323 e. The van der Waals surface area contributed by atoms with Gasteiger partial charge < -0.3 is 19.9 Å². The average molecular weight is 215 g/mol. The lowest BCUT2D eigenvalue weighted by atomic mass is 10.2. The maximum absolute atomic E-state index is 11.5. The topological polar surface area (TPSA) is 67.8 Å². The number of β-amino-alcohol motifs (C(OH)–C–C–N with tert-alkyl or cyclic N) is 1. The highest BCUT2D eigenvalue weighted by atomic mass is 16.6. The lowest BCUT2D eigenvalue weighted by Gasteiger charge is -2.13. The summed E-state index contributed by atoms with van der Waals surface area (Å²) in [7, 11) is 0. The van der Waals surface area contributed by atoms with E-state index < -0.39 is 6.10 Å². The molecule has 2 saturated heterocycles. The highest BCUT2D eigenvalue weighted by molar-refractivity contribution is 5.76. The summed E-state index contributed by atoms with van der Waals surface area (Å²) in [5.74, 6) is -0.276. The van der Waals surface area contributed by atoms with Gasteiger partial charge in [0, 0.05) is 19.6 Å². The number of carbonyl (C=O) groups is 1. The molecule has 2 aliphatic rings. The van der Waals surface area contributed by atoms with Crippen LogP contribution in [0.5, 0.6) is 0 Å². The van der Waals surface area contributed by atoms with Crippen LogP contribution in [0.1, 0.15) is 19.3 Å². The van der Waals surface area contributed by atoms with Gasteiger partial charge in [0.15, 0.2) is 0 Å². The van der Waals surface area contributed by atoms with Crippen molar-refractivity contribution in [3.63, 3.8) is 0 Å². The zero-order valence-corrected chi connectivity index (χ0v) is 8.65. The van der Waals surface area contributed by atoms with E-state index in [4.69, 9.17) is 9.47 Å². The minimum Gasteiger partial charge on any atom is -0.462 e. The fourth-order valence-electron chi connectivity index (χ4n) is 1.95. The van der Waals surface area contributed by atoms with Crippen molar-refractivity contribution in [2.24, 2.45) is 0 Å². The maximum atomic E-state index is 11.5. The Morgan fingerprint density at radius 3 is 3.07 bits per heavy atom. The monoisotopic (exact) mass is 215 g/mol. The van der Waals surface area contributed by atoms with Gasteiger partial charge in [-0.25, -0.2) is 0 Å². The summed E-state index contributed by atoms with van der Waals surface area (Å²) in [6.07, 6.45) is 2.10. The van der Waals surface area contributed by atoms with Gasteiger partial charge in [-0.1, -0.05) is 0 Å². The average Bonchev–Trinajstić information content (AvgIpc) is 2.84. The molecule has 0 aliphatic carbocycles. The Balaban J connectivity index is 1.67. The first-order valence-corrected chi connectivity index (χ1v) is 5.45. The van der Waals surface area contributed by atoms with E-state index in [2.05, 4.69) is 5.32 Å². The van der Waals surface area contributed by atoms with E-state index in [1.807, 2.05) is 0 Å². The Morgan fingerprint density at radius 1 is 1.60 bits per heavy atom. The normalized spacial score (nSPS) is 35.7. The minimum atomic E-state index is -0.426. The van der Waals surface area contributed by atoms with Crippen LogP contribution in [0.15, 0.2) is 0 Å². The molecule has 0 aromatic rings. The third-order valence-electron chi connectivity index (χ3n) is 2.83. The van der Waals surface area contributed by atoms with Gasteiger partial charge in [-0.05, 0) is 12.8 Å². The molecule has 0 radical (unpaired) electrons. The van der Waals surface area contributed by atoms with E-state index in [0.717, 1.165) is 19.4 Å². The summed E-state index contributed by atoms with van der Waals surface area (Å²) in [5.41, 5.74) is 0. The molecular formula is C10H17NO4. The second kappa shape index (κ2) is 4.92. The van der Waals surface area contributed by atoms with E-state index in [0.29, 0.717) is 19.6 Å². The van der Waals surface area contributed by atoms with Crippen LogP contribution < -0.4 is 5.32 Å². The van der Waals surface area contributed by atoms with Gasteiger partial charge in [0.05, 0.1) is 12.2 Å². The van der Waals surface area contributed by atoms with E-state index >= 15 is 0 Å². The molecule has 5 heteroatoms. The second-order valence-corrected chi connectivity index (χ2v) is 4.12. The van der Waals surface area contributed by atoms with Gasteiger partial charge in [-0.3, -0.25) is 4.79 Å². The van der Waals surface area contributed by atoms with Gasteiger partial charge in [-0.15, -0.1) is 0 Å². The van der Waals surface area contributed by atoms with Crippen molar-refractivity contribution >= 4 is 5.97 Å². The van der Waals surface area contributed by atoms with Crippen molar-refractivity contribution < 1.29 is 19.4 Å². The number of rotatable bonds is 3. The van der Waals surface area contributed by atoms with Crippen molar-refractivity contribution in [3.8, 4) is 0 Å². The standard InChI is InChI=1S/C10H17NO4/c12-7-4-9(11-5-7)10(13)15-6-8-2-1-3-14-8/h7-9,11-12H,1-6H2/t7-,8?,9-/m1/s1. The van der Waals surface area contributed by atoms with E-state index in [1.165, 1.54) is 0 Å². The Bertz CT molecular complexity index is 227. The largest absolute Gasteiger partial charge is 0.462 e. The number of nitrogens with one attached hydrogen (secondary N) is 1. The fraction of sp³-hybridized carbons (Fsp3) is 0.900. The highest BCUT2D eigenvalue weighted by Crippen LogP contribution is 2.13. The van der Waals surface area contributed by atoms with E-state index in [1.54, 1.807) is 0 Å². The Kier molecular flexibility index (Phi) is 3.56. The quantitative estimate of drug-likeness (QED) is 0.617. The third-order valence-corrected chi connectivity index (χ3v) is 2.83. The molecule has 86 valence electrons. The highest BCUT2D eigenvalue weighted by Gasteiger charge is 2.30. The van der Waals surface area contributed by atoms with Crippen molar-refractivity contribution in [2.45, 2.75) is 37.5 Å². The summed E-state index contributed by atoms with van der Waals surface area (Å²) in [4.78, 5) is 11.5. The lowest BCUT2D eigenvalue weighted by Crippen LogP contribution is -2.34. The van der Waals surface area contributed by atoms with Crippen LogP contribution in [-0.4, -0.2) is 49.1 Å². The minimum absolute atomic E-state index is 0.0697. The van der Waals surface area contributed by atoms with Crippen LogP contribution in [0, 0.1) is 0 Å². The smallest absolute Gasteiger partial charge is 0.323 e. The van der Waals surface area contributed by atoms with Gasteiger partial charge >= 0.3 is 5.97 Å². The molecule has 2 aliphatic heterocycles. The van der Waals surface area contributed by atoms with E-state index in [9.17, 15) is 9.90 Å². The molecule has 2 N–H and O–H groups in total. The molecule has 0 amide bonds.